The van der Waals surface area contributed by atoms with E-state index in [0.717, 1.165) is 44.9 Å². The Morgan fingerprint density at radius 3 is 2.56 bits per heavy atom. The van der Waals surface area contributed by atoms with Gasteiger partial charge in [-0.25, -0.2) is 13.1 Å². The Kier molecular flexibility index (Phi) is 5.68. The van der Waals surface area contributed by atoms with Crippen molar-refractivity contribution in [2.75, 3.05) is 19.3 Å². The monoisotopic (exact) mass is 250 g/mol. The van der Waals surface area contributed by atoms with Crippen LogP contribution in [0, 0.1) is 0 Å². The average Bonchev–Trinajstić information content (AvgIpc) is 2.18. The average molecular weight is 250 g/mol. The lowest BCUT2D eigenvalue weighted by Crippen LogP contribution is -2.43. The molecule has 1 rings (SSSR count). The molecule has 0 spiro atoms. The molecule has 1 fully saturated rings. The number of sulfonamides is 1. The Hall–Kier alpha value is -0.170. The maximum Gasteiger partial charge on any atom is 0.208 e. The second-order valence-electron chi connectivity index (χ2n) is 4.43. The van der Waals surface area contributed by atoms with E-state index in [9.17, 15) is 13.5 Å². The van der Waals surface area contributed by atoms with Crippen LogP contribution in [0.2, 0.25) is 0 Å². The lowest BCUT2D eigenvalue weighted by Gasteiger charge is -2.28. The molecule has 0 aromatic carbocycles. The van der Waals surface area contributed by atoms with E-state index in [-0.39, 0.29) is 12.1 Å². The minimum absolute atomic E-state index is 0.187. The van der Waals surface area contributed by atoms with Gasteiger partial charge in [0.2, 0.25) is 10.0 Å². The normalized spacial score (nSPS) is 26.9. The van der Waals surface area contributed by atoms with Gasteiger partial charge in [0.05, 0.1) is 12.4 Å². The lowest BCUT2D eigenvalue weighted by molar-refractivity contribution is 0.0911. The zero-order valence-corrected chi connectivity index (χ0v) is 10.6. The highest BCUT2D eigenvalue weighted by molar-refractivity contribution is 7.88. The van der Waals surface area contributed by atoms with Gasteiger partial charge < -0.3 is 10.4 Å². The van der Waals surface area contributed by atoms with E-state index in [4.69, 9.17) is 0 Å². The molecule has 0 amide bonds. The summed E-state index contributed by atoms with van der Waals surface area (Å²) in [5, 5.41) is 13.0. The first kappa shape index (κ1) is 13.9. The highest BCUT2D eigenvalue weighted by Gasteiger charge is 2.21. The Labute approximate surface area is 97.7 Å². The molecule has 0 saturated heterocycles. The van der Waals surface area contributed by atoms with Gasteiger partial charge in [0.15, 0.2) is 0 Å². The van der Waals surface area contributed by atoms with Gasteiger partial charge >= 0.3 is 0 Å². The number of hydrogen-bond donors (Lipinski definition) is 3. The van der Waals surface area contributed by atoms with Crippen molar-refractivity contribution in [2.45, 2.75) is 44.2 Å². The van der Waals surface area contributed by atoms with Crippen LogP contribution in [0.3, 0.4) is 0 Å². The highest BCUT2D eigenvalue weighted by atomic mass is 32.2. The van der Waals surface area contributed by atoms with Crippen molar-refractivity contribution in [3.8, 4) is 0 Å². The molecule has 0 aliphatic heterocycles. The first-order valence-electron chi connectivity index (χ1n) is 5.85. The SMILES string of the molecule is CS(=O)(=O)NCCCN[C@H]1CCCC[C@@H]1O. The van der Waals surface area contributed by atoms with E-state index in [0.29, 0.717) is 6.54 Å². The molecule has 96 valence electrons. The van der Waals surface area contributed by atoms with Gasteiger partial charge in [-0.05, 0) is 25.8 Å². The number of rotatable bonds is 6. The summed E-state index contributed by atoms with van der Waals surface area (Å²) < 4.78 is 24.0. The summed E-state index contributed by atoms with van der Waals surface area (Å²) in [6.07, 6.45) is 5.82. The Balaban J connectivity index is 2.06. The molecule has 3 N–H and O–H groups in total. The summed E-state index contributed by atoms with van der Waals surface area (Å²) >= 11 is 0. The second kappa shape index (κ2) is 6.54. The molecule has 0 unspecified atom stereocenters. The summed E-state index contributed by atoms with van der Waals surface area (Å²) in [5.74, 6) is 0. The van der Waals surface area contributed by atoms with Gasteiger partial charge in [0.1, 0.15) is 0 Å². The van der Waals surface area contributed by atoms with Crippen LogP contribution in [-0.2, 0) is 10.0 Å². The first-order valence-corrected chi connectivity index (χ1v) is 7.74. The number of nitrogens with one attached hydrogen (secondary N) is 2. The molecule has 0 aromatic heterocycles. The Morgan fingerprint density at radius 1 is 1.25 bits per heavy atom. The minimum atomic E-state index is -3.07. The van der Waals surface area contributed by atoms with Crippen LogP contribution in [0.1, 0.15) is 32.1 Å². The molecule has 0 aromatic rings. The first-order chi connectivity index (χ1) is 7.49. The third-order valence-electron chi connectivity index (χ3n) is 2.85. The fourth-order valence-corrected chi connectivity index (χ4v) is 2.50. The topological polar surface area (TPSA) is 78.4 Å². The number of aliphatic hydroxyl groups is 1. The zero-order valence-electron chi connectivity index (χ0n) is 9.78. The maximum atomic E-state index is 10.8. The fraction of sp³-hybridized carbons (Fsp3) is 1.00. The third kappa shape index (κ3) is 5.79. The lowest BCUT2D eigenvalue weighted by atomic mass is 9.92. The molecule has 2 atom stereocenters. The van der Waals surface area contributed by atoms with Crippen molar-refractivity contribution in [3.63, 3.8) is 0 Å². The predicted molar refractivity (Wildman–Crippen MR) is 63.7 cm³/mol. The van der Waals surface area contributed by atoms with Crippen molar-refractivity contribution >= 4 is 10.0 Å². The molecular weight excluding hydrogens is 228 g/mol. The van der Waals surface area contributed by atoms with Gasteiger partial charge in [0, 0.05) is 12.6 Å². The molecule has 0 radical (unpaired) electrons. The van der Waals surface area contributed by atoms with Crippen molar-refractivity contribution in [1.82, 2.24) is 10.0 Å². The van der Waals surface area contributed by atoms with Crippen LogP contribution < -0.4 is 10.0 Å². The summed E-state index contributed by atoms with van der Waals surface area (Å²) in [5.41, 5.74) is 0. The van der Waals surface area contributed by atoms with E-state index < -0.39 is 10.0 Å². The molecular formula is C10H22N2O3S. The smallest absolute Gasteiger partial charge is 0.208 e. The molecule has 16 heavy (non-hydrogen) atoms. The Morgan fingerprint density at radius 2 is 1.94 bits per heavy atom. The second-order valence-corrected chi connectivity index (χ2v) is 6.27. The predicted octanol–water partition coefficient (Wildman–Crippen LogP) is -0.181. The zero-order chi connectivity index (χ0) is 12.0. The van der Waals surface area contributed by atoms with Gasteiger partial charge in [-0.2, -0.15) is 0 Å². The van der Waals surface area contributed by atoms with Gasteiger partial charge in [-0.15, -0.1) is 0 Å². The fourth-order valence-electron chi connectivity index (χ4n) is 1.98. The third-order valence-corrected chi connectivity index (χ3v) is 3.58. The molecule has 0 bridgehead atoms. The van der Waals surface area contributed by atoms with E-state index in [1.54, 1.807) is 0 Å². The van der Waals surface area contributed by atoms with E-state index in [1.165, 1.54) is 0 Å². The van der Waals surface area contributed by atoms with Crippen LogP contribution in [0.15, 0.2) is 0 Å². The van der Waals surface area contributed by atoms with Gasteiger partial charge in [-0.1, -0.05) is 12.8 Å². The van der Waals surface area contributed by atoms with Crippen LogP contribution in [0.5, 0.6) is 0 Å². The van der Waals surface area contributed by atoms with Gasteiger partial charge in [0.25, 0.3) is 0 Å². The quantitative estimate of drug-likeness (QED) is 0.571. The van der Waals surface area contributed by atoms with Crippen molar-refractivity contribution in [2.24, 2.45) is 0 Å². The molecule has 1 saturated carbocycles. The summed E-state index contributed by atoms with van der Waals surface area (Å²) in [4.78, 5) is 0. The summed E-state index contributed by atoms with van der Waals surface area (Å²) in [7, 11) is -3.07. The van der Waals surface area contributed by atoms with Crippen LogP contribution in [0.25, 0.3) is 0 Å². The number of hydrogen-bond acceptors (Lipinski definition) is 4. The van der Waals surface area contributed by atoms with E-state index in [2.05, 4.69) is 10.0 Å². The van der Waals surface area contributed by atoms with Crippen LogP contribution in [0.4, 0.5) is 0 Å². The molecule has 0 heterocycles. The molecule has 1 aliphatic carbocycles. The highest BCUT2D eigenvalue weighted by Crippen LogP contribution is 2.17. The van der Waals surface area contributed by atoms with Crippen LogP contribution >= 0.6 is 0 Å². The van der Waals surface area contributed by atoms with Gasteiger partial charge in [-0.3, -0.25) is 0 Å². The van der Waals surface area contributed by atoms with Crippen LogP contribution in [-0.4, -0.2) is 45.0 Å². The minimum Gasteiger partial charge on any atom is -0.392 e. The van der Waals surface area contributed by atoms with E-state index in [1.807, 2.05) is 0 Å². The summed E-state index contributed by atoms with van der Waals surface area (Å²) in [6, 6.07) is 0.187. The molecule has 5 nitrogen and oxygen atoms in total. The largest absolute Gasteiger partial charge is 0.392 e. The molecule has 1 aliphatic rings. The standard InChI is InChI=1S/C10H22N2O3S/c1-16(14,15)12-8-4-7-11-9-5-2-3-6-10(9)13/h9-13H,2-8H2,1H3/t9-,10-/m0/s1. The summed E-state index contributed by atoms with van der Waals surface area (Å²) in [6.45, 7) is 1.19. The number of aliphatic hydroxyl groups excluding tert-OH is 1. The van der Waals surface area contributed by atoms with E-state index >= 15 is 0 Å². The van der Waals surface area contributed by atoms with Crippen molar-refractivity contribution in [1.29, 1.82) is 0 Å². The Bertz CT molecular complexity index is 292. The molecule has 6 heteroatoms. The van der Waals surface area contributed by atoms with Crippen molar-refractivity contribution < 1.29 is 13.5 Å². The maximum absolute atomic E-state index is 10.8. The van der Waals surface area contributed by atoms with Crippen molar-refractivity contribution in [3.05, 3.63) is 0 Å².